The summed E-state index contributed by atoms with van der Waals surface area (Å²) in [5.74, 6) is -0.327. The standard InChI is InChI=1S/C20H18ClN3O3S/c1-2-27-20(26)24-10-9-15-16(11-22)19(28-17(15)12-24)23-18(25)8-5-13-3-6-14(21)7-4-13/h3-8H,2,9-10,12H2,1H3,(H,23,25). The maximum absolute atomic E-state index is 12.3. The van der Waals surface area contributed by atoms with E-state index in [9.17, 15) is 14.9 Å². The Bertz CT molecular complexity index is 960. The van der Waals surface area contributed by atoms with Crippen LogP contribution >= 0.6 is 22.9 Å². The quantitative estimate of drug-likeness (QED) is 0.748. The van der Waals surface area contributed by atoms with E-state index in [0.717, 1.165) is 16.0 Å². The lowest BCUT2D eigenvalue weighted by Gasteiger charge is -2.25. The minimum Gasteiger partial charge on any atom is -0.450 e. The number of nitriles is 1. The number of hydrogen-bond donors (Lipinski definition) is 1. The van der Waals surface area contributed by atoms with Crippen molar-refractivity contribution in [1.29, 1.82) is 5.26 Å². The molecule has 2 aromatic rings. The number of halogens is 1. The largest absolute Gasteiger partial charge is 0.450 e. The molecule has 0 spiro atoms. The highest BCUT2D eigenvalue weighted by Gasteiger charge is 2.27. The topological polar surface area (TPSA) is 82.4 Å². The Hall–Kier alpha value is -2.82. The van der Waals surface area contributed by atoms with Crippen LogP contribution in [0.1, 0.15) is 28.5 Å². The maximum atomic E-state index is 12.3. The van der Waals surface area contributed by atoms with Gasteiger partial charge in [0.1, 0.15) is 11.1 Å². The van der Waals surface area contributed by atoms with E-state index < -0.39 is 0 Å². The Kier molecular flexibility index (Phi) is 6.34. The minimum absolute atomic E-state index is 0.317. The van der Waals surface area contributed by atoms with Gasteiger partial charge >= 0.3 is 6.09 Å². The monoisotopic (exact) mass is 415 g/mol. The molecule has 0 bridgehead atoms. The lowest BCUT2D eigenvalue weighted by molar-refractivity contribution is -0.111. The molecule has 0 aliphatic carbocycles. The second-order valence-corrected chi connectivity index (χ2v) is 7.61. The summed E-state index contributed by atoms with van der Waals surface area (Å²) < 4.78 is 5.05. The molecule has 0 unspecified atom stereocenters. The highest BCUT2D eigenvalue weighted by atomic mass is 35.5. The van der Waals surface area contributed by atoms with Crippen LogP contribution in [-0.2, 0) is 22.5 Å². The first-order valence-corrected chi connectivity index (χ1v) is 9.92. The van der Waals surface area contributed by atoms with E-state index in [4.69, 9.17) is 16.3 Å². The molecule has 0 saturated heterocycles. The minimum atomic E-state index is -0.364. The highest BCUT2D eigenvalue weighted by Crippen LogP contribution is 2.36. The number of carbonyl (C=O) groups excluding carboxylic acids is 2. The van der Waals surface area contributed by atoms with Gasteiger partial charge in [0.2, 0.25) is 5.91 Å². The van der Waals surface area contributed by atoms with Gasteiger partial charge in [-0.05, 0) is 42.7 Å². The van der Waals surface area contributed by atoms with E-state index >= 15 is 0 Å². The molecule has 8 heteroatoms. The third-order valence-electron chi connectivity index (χ3n) is 4.23. The van der Waals surface area contributed by atoms with Crippen molar-refractivity contribution in [1.82, 2.24) is 4.90 Å². The average molecular weight is 416 g/mol. The molecule has 3 rings (SSSR count). The van der Waals surface area contributed by atoms with Gasteiger partial charge in [-0.2, -0.15) is 5.26 Å². The third-order valence-corrected chi connectivity index (χ3v) is 5.61. The third kappa shape index (κ3) is 4.53. The van der Waals surface area contributed by atoms with Gasteiger partial charge in [0.25, 0.3) is 0 Å². The van der Waals surface area contributed by atoms with Gasteiger partial charge in [-0.15, -0.1) is 11.3 Å². The molecule has 1 aromatic heterocycles. The van der Waals surface area contributed by atoms with Gasteiger partial charge in [0.15, 0.2) is 0 Å². The Morgan fingerprint density at radius 3 is 2.82 bits per heavy atom. The number of nitrogens with one attached hydrogen (secondary N) is 1. The van der Waals surface area contributed by atoms with Crippen molar-refractivity contribution in [3.63, 3.8) is 0 Å². The Morgan fingerprint density at radius 2 is 2.14 bits per heavy atom. The van der Waals surface area contributed by atoms with E-state index in [0.29, 0.717) is 41.7 Å². The number of anilines is 1. The Labute approximate surface area is 172 Å². The average Bonchev–Trinajstić information content (AvgIpc) is 3.03. The van der Waals surface area contributed by atoms with E-state index in [-0.39, 0.29) is 12.0 Å². The van der Waals surface area contributed by atoms with Crippen LogP contribution in [0, 0.1) is 11.3 Å². The molecule has 1 N–H and O–H groups in total. The molecule has 1 aliphatic heterocycles. The second-order valence-electron chi connectivity index (χ2n) is 6.06. The van der Waals surface area contributed by atoms with Crippen molar-refractivity contribution < 1.29 is 14.3 Å². The predicted octanol–water partition coefficient (Wildman–Crippen LogP) is 4.44. The number of amides is 2. The second kappa shape index (κ2) is 8.91. The fraction of sp³-hybridized carbons (Fsp3) is 0.250. The van der Waals surface area contributed by atoms with Crippen molar-refractivity contribution in [2.24, 2.45) is 0 Å². The molecular formula is C20H18ClN3O3S. The van der Waals surface area contributed by atoms with Crippen molar-refractivity contribution in [2.45, 2.75) is 19.9 Å². The summed E-state index contributed by atoms with van der Waals surface area (Å²) in [5.41, 5.74) is 2.21. The molecule has 1 aromatic carbocycles. The number of thiophene rings is 1. The number of ether oxygens (including phenoxy) is 1. The van der Waals surface area contributed by atoms with Gasteiger partial charge in [-0.3, -0.25) is 4.79 Å². The van der Waals surface area contributed by atoms with E-state index in [1.807, 2.05) is 0 Å². The first kappa shape index (κ1) is 19.9. The van der Waals surface area contributed by atoms with E-state index in [2.05, 4.69) is 11.4 Å². The molecule has 6 nitrogen and oxygen atoms in total. The summed E-state index contributed by atoms with van der Waals surface area (Å²) in [7, 11) is 0. The van der Waals surface area contributed by atoms with Crippen LogP contribution in [0.4, 0.5) is 9.80 Å². The fourth-order valence-corrected chi connectivity index (χ4v) is 4.22. The van der Waals surface area contributed by atoms with E-state index in [1.165, 1.54) is 17.4 Å². The first-order chi connectivity index (χ1) is 13.5. The van der Waals surface area contributed by atoms with Crippen LogP contribution < -0.4 is 5.32 Å². The zero-order chi connectivity index (χ0) is 20.1. The summed E-state index contributed by atoms with van der Waals surface area (Å²) in [6.07, 6.45) is 3.28. The van der Waals surface area contributed by atoms with Crippen molar-refractivity contribution in [3.8, 4) is 6.07 Å². The number of benzene rings is 1. The maximum Gasteiger partial charge on any atom is 0.410 e. The number of hydrogen-bond acceptors (Lipinski definition) is 5. The lowest BCUT2D eigenvalue weighted by Crippen LogP contribution is -2.35. The molecule has 0 radical (unpaired) electrons. The molecular weight excluding hydrogens is 398 g/mol. The molecule has 1 aliphatic rings. The van der Waals surface area contributed by atoms with Crippen LogP contribution in [0.2, 0.25) is 5.02 Å². The molecule has 28 heavy (non-hydrogen) atoms. The van der Waals surface area contributed by atoms with Crippen molar-refractivity contribution >= 4 is 46.0 Å². The van der Waals surface area contributed by atoms with Crippen LogP contribution in [0.5, 0.6) is 0 Å². The summed E-state index contributed by atoms with van der Waals surface area (Å²) in [4.78, 5) is 26.7. The molecule has 0 saturated carbocycles. The zero-order valence-electron chi connectivity index (χ0n) is 15.2. The normalized spacial score (nSPS) is 13.1. The Morgan fingerprint density at radius 1 is 1.39 bits per heavy atom. The van der Waals surface area contributed by atoms with Crippen LogP contribution in [-0.4, -0.2) is 30.1 Å². The van der Waals surface area contributed by atoms with Crippen LogP contribution in [0.15, 0.2) is 30.3 Å². The van der Waals surface area contributed by atoms with Crippen LogP contribution in [0.3, 0.4) is 0 Å². The van der Waals surface area contributed by atoms with Gasteiger partial charge in [-0.25, -0.2) is 4.79 Å². The smallest absolute Gasteiger partial charge is 0.410 e. The summed E-state index contributed by atoms with van der Waals surface area (Å²) in [5, 5.41) is 13.4. The number of fused-ring (bicyclic) bond motifs is 1. The van der Waals surface area contributed by atoms with Crippen molar-refractivity contribution in [2.75, 3.05) is 18.5 Å². The number of nitrogens with zero attached hydrogens (tertiary/aromatic N) is 2. The molecule has 0 fully saturated rings. The van der Waals surface area contributed by atoms with Gasteiger partial charge < -0.3 is 15.0 Å². The van der Waals surface area contributed by atoms with Gasteiger partial charge in [-0.1, -0.05) is 23.7 Å². The molecule has 144 valence electrons. The summed E-state index contributed by atoms with van der Waals surface area (Å²) >= 11 is 7.17. The number of rotatable bonds is 4. The zero-order valence-corrected chi connectivity index (χ0v) is 16.8. The van der Waals surface area contributed by atoms with Gasteiger partial charge in [0.05, 0.1) is 18.7 Å². The number of carbonyl (C=O) groups is 2. The molecule has 2 amide bonds. The summed E-state index contributed by atoms with van der Waals surface area (Å²) in [6.45, 7) is 2.94. The van der Waals surface area contributed by atoms with E-state index in [1.54, 1.807) is 42.2 Å². The molecule has 2 heterocycles. The predicted molar refractivity (Wildman–Crippen MR) is 109 cm³/mol. The van der Waals surface area contributed by atoms with Crippen LogP contribution in [0.25, 0.3) is 6.08 Å². The first-order valence-electron chi connectivity index (χ1n) is 8.72. The van der Waals surface area contributed by atoms with Gasteiger partial charge in [0, 0.05) is 22.5 Å². The highest BCUT2D eigenvalue weighted by molar-refractivity contribution is 7.16. The SMILES string of the molecule is CCOC(=O)N1CCc2c(sc(NC(=O)C=Cc3ccc(Cl)cc3)c2C#N)C1. The van der Waals surface area contributed by atoms with Crippen molar-refractivity contribution in [3.05, 3.63) is 56.9 Å². The summed E-state index contributed by atoms with van der Waals surface area (Å²) in [6, 6.07) is 9.28. The Balaban J connectivity index is 1.73. The molecule has 0 atom stereocenters. The fourth-order valence-electron chi connectivity index (χ4n) is 2.88. The lowest BCUT2D eigenvalue weighted by atomic mass is 10.0.